The predicted octanol–water partition coefficient (Wildman–Crippen LogP) is 1.41. The van der Waals surface area contributed by atoms with Gasteiger partial charge in [0.15, 0.2) is 0 Å². The zero-order valence-electron chi connectivity index (χ0n) is 7.53. The smallest absolute Gasteiger partial charge is 0.0750 e. The summed E-state index contributed by atoms with van der Waals surface area (Å²) in [6.45, 7) is 11.0. The lowest BCUT2D eigenvalue weighted by Crippen LogP contribution is -2.45. The SMILES string of the molecule is CC.CC1(C)CNCCO1. The van der Waals surface area contributed by atoms with Crippen LogP contribution in [-0.4, -0.2) is 25.3 Å². The fourth-order valence-corrected chi connectivity index (χ4v) is 0.840. The molecule has 1 fully saturated rings. The minimum Gasteiger partial charge on any atom is -0.373 e. The maximum atomic E-state index is 5.40. The van der Waals surface area contributed by atoms with Crippen molar-refractivity contribution in [2.45, 2.75) is 33.3 Å². The van der Waals surface area contributed by atoms with E-state index in [1.54, 1.807) is 0 Å². The van der Waals surface area contributed by atoms with E-state index in [0.717, 1.165) is 19.7 Å². The summed E-state index contributed by atoms with van der Waals surface area (Å²) < 4.78 is 5.40. The molecule has 0 radical (unpaired) electrons. The van der Waals surface area contributed by atoms with Gasteiger partial charge in [0.25, 0.3) is 0 Å². The summed E-state index contributed by atoms with van der Waals surface area (Å²) in [4.78, 5) is 0. The lowest BCUT2D eigenvalue weighted by atomic mass is 10.1. The van der Waals surface area contributed by atoms with E-state index in [9.17, 15) is 0 Å². The van der Waals surface area contributed by atoms with E-state index in [2.05, 4.69) is 19.2 Å². The van der Waals surface area contributed by atoms with Crippen molar-refractivity contribution >= 4 is 0 Å². The molecule has 0 aromatic rings. The fraction of sp³-hybridized carbons (Fsp3) is 1.00. The summed E-state index contributed by atoms with van der Waals surface area (Å²) in [5, 5.41) is 3.25. The molecule has 0 aliphatic carbocycles. The van der Waals surface area contributed by atoms with Crippen molar-refractivity contribution in [1.82, 2.24) is 5.32 Å². The van der Waals surface area contributed by atoms with Crippen molar-refractivity contribution < 1.29 is 4.74 Å². The van der Waals surface area contributed by atoms with Gasteiger partial charge < -0.3 is 10.1 Å². The molecular formula is C8H19NO. The summed E-state index contributed by atoms with van der Waals surface area (Å²) in [5.74, 6) is 0. The van der Waals surface area contributed by atoms with Crippen LogP contribution in [0, 0.1) is 0 Å². The maximum absolute atomic E-state index is 5.40. The van der Waals surface area contributed by atoms with Crippen molar-refractivity contribution in [1.29, 1.82) is 0 Å². The molecule has 10 heavy (non-hydrogen) atoms. The molecule has 0 bridgehead atoms. The molecular weight excluding hydrogens is 126 g/mol. The molecule has 1 heterocycles. The van der Waals surface area contributed by atoms with Gasteiger partial charge in [0, 0.05) is 13.1 Å². The van der Waals surface area contributed by atoms with Crippen LogP contribution in [0.25, 0.3) is 0 Å². The second-order valence-electron chi connectivity index (χ2n) is 2.78. The van der Waals surface area contributed by atoms with Crippen LogP contribution >= 0.6 is 0 Å². The molecule has 62 valence electrons. The van der Waals surface area contributed by atoms with Crippen molar-refractivity contribution in [2.24, 2.45) is 0 Å². The average Bonchev–Trinajstić information content (AvgIpc) is 1.92. The van der Waals surface area contributed by atoms with Crippen molar-refractivity contribution in [3.8, 4) is 0 Å². The molecule has 1 aliphatic heterocycles. The Kier molecular flexibility index (Phi) is 4.65. The summed E-state index contributed by atoms with van der Waals surface area (Å²) in [5.41, 5.74) is 0.0677. The molecule has 2 heteroatoms. The minimum atomic E-state index is 0.0677. The zero-order valence-corrected chi connectivity index (χ0v) is 7.53. The molecule has 0 amide bonds. The van der Waals surface area contributed by atoms with E-state index in [0.29, 0.717) is 0 Å². The monoisotopic (exact) mass is 145 g/mol. The molecule has 1 saturated heterocycles. The van der Waals surface area contributed by atoms with Crippen LogP contribution in [0.15, 0.2) is 0 Å². The number of morpholine rings is 1. The molecule has 0 spiro atoms. The van der Waals surface area contributed by atoms with Gasteiger partial charge in [-0.2, -0.15) is 0 Å². The van der Waals surface area contributed by atoms with E-state index < -0.39 is 0 Å². The second-order valence-corrected chi connectivity index (χ2v) is 2.78. The Labute approximate surface area is 64.0 Å². The quantitative estimate of drug-likeness (QED) is 0.556. The number of nitrogens with one attached hydrogen (secondary N) is 1. The van der Waals surface area contributed by atoms with Crippen LogP contribution in [0.2, 0.25) is 0 Å². The van der Waals surface area contributed by atoms with Gasteiger partial charge in [0.2, 0.25) is 0 Å². The molecule has 1 aliphatic rings. The third kappa shape index (κ3) is 3.85. The Morgan fingerprint density at radius 1 is 1.30 bits per heavy atom. The largest absolute Gasteiger partial charge is 0.373 e. The maximum Gasteiger partial charge on any atom is 0.0750 e. The second kappa shape index (κ2) is 4.69. The van der Waals surface area contributed by atoms with Crippen molar-refractivity contribution in [2.75, 3.05) is 19.7 Å². The highest BCUT2D eigenvalue weighted by Crippen LogP contribution is 2.08. The average molecular weight is 145 g/mol. The third-order valence-corrected chi connectivity index (χ3v) is 1.32. The lowest BCUT2D eigenvalue weighted by molar-refractivity contribution is -0.0384. The first-order chi connectivity index (χ1) is 4.71. The first-order valence-electron chi connectivity index (χ1n) is 4.05. The molecule has 0 aromatic heterocycles. The van der Waals surface area contributed by atoms with Gasteiger partial charge in [-0.05, 0) is 13.8 Å². The van der Waals surface area contributed by atoms with E-state index in [1.165, 1.54) is 0 Å². The van der Waals surface area contributed by atoms with Crippen LogP contribution in [0.1, 0.15) is 27.7 Å². The van der Waals surface area contributed by atoms with E-state index >= 15 is 0 Å². The number of rotatable bonds is 0. The van der Waals surface area contributed by atoms with Gasteiger partial charge in [0.05, 0.1) is 12.2 Å². The van der Waals surface area contributed by atoms with Crippen LogP contribution < -0.4 is 5.32 Å². The Morgan fingerprint density at radius 3 is 2.10 bits per heavy atom. The van der Waals surface area contributed by atoms with Crippen LogP contribution in [0.3, 0.4) is 0 Å². The number of hydrogen-bond donors (Lipinski definition) is 1. The minimum absolute atomic E-state index is 0.0677. The highest BCUT2D eigenvalue weighted by molar-refractivity contribution is 4.75. The normalized spacial score (nSPS) is 22.8. The molecule has 0 atom stereocenters. The first kappa shape index (κ1) is 9.92. The van der Waals surface area contributed by atoms with E-state index in [4.69, 9.17) is 4.74 Å². The van der Waals surface area contributed by atoms with Crippen LogP contribution in [0.5, 0.6) is 0 Å². The van der Waals surface area contributed by atoms with Gasteiger partial charge in [-0.15, -0.1) is 0 Å². The predicted molar refractivity (Wildman–Crippen MR) is 44.2 cm³/mol. The third-order valence-electron chi connectivity index (χ3n) is 1.32. The van der Waals surface area contributed by atoms with Crippen LogP contribution in [-0.2, 0) is 4.74 Å². The summed E-state index contributed by atoms with van der Waals surface area (Å²) in [6, 6.07) is 0. The topological polar surface area (TPSA) is 21.3 Å². The fourth-order valence-electron chi connectivity index (χ4n) is 0.840. The lowest BCUT2D eigenvalue weighted by Gasteiger charge is -2.30. The van der Waals surface area contributed by atoms with Gasteiger partial charge in [-0.3, -0.25) is 0 Å². The standard InChI is InChI=1S/C6H13NO.C2H6/c1-6(2)5-7-3-4-8-6;1-2/h7H,3-5H2,1-2H3;1-2H3. The molecule has 1 N–H and O–H groups in total. The molecule has 1 rings (SSSR count). The zero-order chi connectivity index (χ0) is 8.04. The van der Waals surface area contributed by atoms with Gasteiger partial charge in [0.1, 0.15) is 0 Å². The molecule has 0 unspecified atom stereocenters. The van der Waals surface area contributed by atoms with Gasteiger partial charge in [-0.1, -0.05) is 13.8 Å². The Hall–Kier alpha value is -0.0800. The van der Waals surface area contributed by atoms with Crippen molar-refractivity contribution in [3.05, 3.63) is 0 Å². The Morgan fingerprint density at radius 2 is 1.90 bits per heavy atom. The van der Waals surface area contributed by atoms with Crippen LogP contribution in [0.4, 0.5) is 0 Å². The Balaban J connectivity index is 0.000000371. The summed E-state index contributed by atoms with van der Waals surface area (Å²) in [7, 11) is 0. The number of hydrogen-bond acceptors (Lipinski definition) is 2. The number of ether oxygens (including phenoxy) is 1. The van der Waals surface area contributed by atoms with Gasteiger partial charge >= 0.3 is 0 Å². The summed E-state index contributed by atoms with van der Waals surface area (Å²) >= 11 is 0. The van der Waals surface area contributed by atoms with E-state index in [1.807, 2.05) is 13.8 Å². The molecule has 0 saturated carbocycles. The first-order valence-corrected chi connectivity index (χ1v) is 4.05. The van der Waals surface area contributed by atoms with E-state index in [-0.39, 0.29) is 5.60 Å². The molecule has 2 nitrogen and oxygen atoms in total. The Bertz CT molecular complexity index is 73.3. The van der Waals surface area contributed by atoms with Gasteiger partial charge in [-0.25, -0.2) is 0 Å². The van der Waals surface area contributed by atoms with Crippen molar-refractivity contribution in [3.63, 3.8) is 0 Å². The molecule has 0 aromatic carbocycles. The summed E-state index contributed by atoms with van der Waals surface area (Å²) in [6.07, 6.45) is 0. The highest BCUT2D eigenvalue weighted by atomic mass is 16.5. The highest BCUT2D eigenvalue weighted by Gasteiger charge is 2.20.